The Kier molecular flexibility index (Phi) is 8.93. The maximum absolute atomic E-state index is 11.2. The minimum Gasteiger partial charge on any atom is -0.418 e. The summed E-state index contributed by atoms with van der Waals surface area (Å²) in [5.74, 6) is 0. The zero-order valence-electron chi connectivity index (χ0n) is 14.2. The molecular formula is C13H20BF4N5O2. The molecule has 25 heavy (non-hydrogen) atoms. The van der Waals surface area contributed by atoms with Crippen molar-refractivity contribution in [3.63, 3.8) is 0 Å². The van der Waals surface area contributed by atoms with Crippen molar-refractivity contribution in [3.8, 4) is 0 Å². The quantitative estimate of drug-likeness (QED) is 0.0969. The Morgan fingerprint density at radius 2 is 1.68 bits per heavy atom. The van der Waals surface area contributed by atoms with E-state index in [0.29, 0.717) is 12.1 Å². The maximum atomic E-state index is 11.2. The second-order valence-electron chi connectivity index (χ2n) is 5.20. The van der Waals surface area contributed by atoms with Gasteiger partial charge in [-0.25, -0.2) is 0 Å². The smallest absolute Gasteiger partial charge is 0.418 e. The molecule has 140 valence electrons. The lowest BCUT2D eigenvalue weighted by Gasteiger charge is -2.35. The molecule has 1 aromatic carbocycles. The van der Waals surface area contributed by atoms with Crippen molar-refractivity contribution in [2.75, 3.05) is 19.6 Å². The summed E-state index contributed by atoms with van der Waals surface area (Å²) in [6, 6.07) is 4.65. The third-order valence-corrected chi connectivity index (χ3v) is 3.94. The van der Waals surface area contributed by atoms with Crippen LogP contribution < -0.4 is 0 Å². The van der Waals surface area contributed by atoms with Crippen LogP contribution in [0.3, 0.4) is 0 Å². The molecule has 0 aliphatic rings. The molecule has 0 amide bonds. The van der Waals surface area contributed by atoms with Gasteiger partial charge in [0.05, 0.1) is 30.1 Å². The van der Waals surface area contributed by atoms with E-state index in [1.807, 2.05) is 0 Å². The number of hydrogen-bond acceptors (Lipinski definition) is 3. The molecule has 0 N–H and O–H groups in total. The lowest BCUT2D eigenvalue weighted by atomic mass is 10.1. The maximum Gasteiger partial charge on any atom is 0.673 e. The Morgan fingerprint density at radius 1 is 1.20 bits per heavy atom. The lowest BCUT2D eigenvalue weighted by Crippen LogP contribution is -2.46. The molecule has 0 radical (unpaired) electrons. The van der Waals surface area contributed by atoms with E-state index < -0.39 is 12.2 Å². The third kappa shape index (κ3) is 8.36. The molecule has 0 aliphatic heterocycles. The summed E-state index contributed by atoms with van der Waals surface area (Å²) >= 11 is 0. The second-order valence-corrected chi connectivity index (χ2v) is 5.20. The van der Waals surface area contributed by atoms with Crippen LogP contribution >= 0.6 is 0 Å². The number of quaternary nitrogens is 1. The molecule has 0 bridgehead atoms. The summed E-state index contributed by atoms with van der Waals surface area (Å²) in [6.07, 6.45) is 0. The number of benzene rings is 1. The predicted molar refractivity (Wildman–Crippen MR) is 87.7 cm³/mol. The van der Waals surface area contributed by atoms with Gasteiger partial charge in [-0.05, 0) is 32.4 Å². The van der Waals surface area contributed by atoms with Crippen LogP contribution in [-0.4, -0.2) is 36.3 Å². The first-order valence-electron chi connectivity index (χ1n) is 7.56. The van der Waals surface area contributed by atoms with Crippen LogP contribution in [0.15, 0.2) is 23.3 Å². The highest BCUT2D eigenvalue weighted by Gasteiger charge is 2.26. The summed E-state index contributed by atoms with van der Waals surface area (Å²) in [7, 11) is -6.00. The molecule has 0 atom stereocenters. The summed E-state index contributed by atoms with van der Waals surface area (Å²) in [4.78, 5) is 13.4. The SMILES string of the molecule is CC[N+](CC)(CC)Cc1ccc(N=[N+]=[N-])cc1[N+](=O)[O-].F[B-](F)(F)F. The summed E-state index contributed by atoms with van der Waals surface area (Å²) in [6.45, 7) is 9.64. The molecule has 0 saturated carbocycles. The van der Waals surface area contributed by atoms with Gasteiger partial charge in [-0.1, -0.05) is 11.2 Å². The average Bonchev–Trinajstić information content (AvgIpc) is 2.52. The number of hydrogen-bond donors (Lipinski definition) is 0. The number of halogens is 4. The summed E-state index contributed by atoms with van der Waals surface area (Å²) in [5.41, 5.74) is 9.37. The van der Waals surface area contributed by atoms with Crippen molar-refractivity contribution < 1.29 is 26.7 Å². The Morgan fingerprint density at radius 3 is 2.04 bits per heavy atom. The summed E-state index contributed by atoms with van der Waals surface area (Å²) < 4.78 is 39.8. The number of nitro groups is 1. The van der Waals surface area contributed by atoms with Gasteiger partial charge in [-0.3, -0.25) is 10.1 Å². The molecule has 1 rings (SSSR count). The van der Waals surface area contributed by atoms with E-state index in [4.69, 9.17) is 5.53 Å². The zero-order chi connectivity index (χ0) is 19.7. The molecule has 0 heterocycles. The standard InChI is InChI=1S/C13H20N5O2.BF4/c1-4-18(5-2,6-3)10-11-7-8-12(15-16-14)9-13(11)17(19)20;2-1(3,4)5/h7-9H,4-6,10H2,1-3H3;/q+1;-1. The normalized spacial score (nSPS) is 11.2. The molecule has 0 aromatic heterocycles. The fraction of sp³-hybridized carbons (Fsp3) is 0.538. The molecule has 0 saturated heterocycles. The van der Waals surface area contributed by atoms with Crippen LogP contribution in [0.5, 0.6) is 0 Å². The van der Waals surface area contributed by atoms with Gasteiger partial charge >= 0.3 is 7.25 Å². The van der Waals surface area contributed by atoms with Gasteiger partial charge in [-0.2, -0.15) is 0 Å². The fourth-order valence-corrected chi connectivity index (χ4v) is 2.34. The Balaban J connectivity index is 0.00000101. The van der Waals surface area contributed by atoms with E-state index in [1.165, 1.54) is 6.07 Å². The highest BCUT2D eigenvalue weighted by Crippen LogP contribution is 2.28. The second kappa shape index (κ2) is 9.85. The van der Waals surface area contributed by atoms with Crippen LogP contribution in [0, 0.1) is 10.1 Å². The molecular weight excluding hydrogens is 345 g/mol. The Hall–Kier alpha value is -2.33. The monoisotopic (exact) mass is 365 g/mol. The van der Waals surface area contributed by atoms with Gasteiger partial charge in [0.25, 0.3) is 5.69 Å². The van der Waals surface area contributed by atoms with Crippen molar-refractivity contribution in [2.24, 2.45) is 5.11 Å². The molecule has 0 aliphatic carbocycles. The number of nitrogens with zero attached hydrogens (tertiary/aromatic N) is 5. The van der Waals surface area contributed by atoms with Crippen LogP contribution in [-0.2, 0) is 6.54 Å². The summed E-state index contributed by atoms with van der Waals surface area (Å²) in [5, 5.41) is 14.6. The highest BCUT2D eigenvalue weighted by molar-refractivity contribution is 6.50. The largest absolute Gasteiger partial charge is 0.673 e. The number of nitro benzene ring substituents is 1. The molecule has 0 spiro atoms. The van der Waals surface area contributed by atoms with E-state index >= 15 is 0 Å². The average molecular weight is 365 g/mol. The number of azide groups is 1. The fourth-order valence-electron chi connectivity index (χ4n) is 2.34. The Bertz CT molecular complexity index is 617. The lowest BCUT2D eigenvalue weighted by molar-refractivity contribution is -0.936. The van der Waals surface area contributed by atoms with E-state index in [9.17, 15) is 27.4 Å². The van der Waals surface area contributed by atoms with Crippen LogP contribution in [0.25, 0.3) is 10.4 Å². The van der Waals surface area contributed by atoms with Crippen LogP contribution in [0.4, 0.5) is 28.6 Å². The van der Waals surface area contributed by atoms with Crippen molar-refractivity contribution in [1.29, 1.82) is 0 Å². The topological polar surface area (TPSA) is 91.9 Å². The first-order valence-corrected chi connectivity index (χ1v) is 7.56. The van der Waals surface area contributed by atoms with Crippen molar-refractivity contribution in [3.05, 3.63) is 44.3 Å². The van der Waals surface area contributed by atoms with Gasteiger partial charge in [0.2, 0.25) is 0 Å². The van der Waals surface area contributed by atoms with E-state index in [1.54, 1.807) is 12.1 Å². The zero-order valence-corrected chi connectivity index (χ0v) is 14.2. The van der Waals surface area contributed by atoms with Gasteiger partial charge in [0.15, 0.2) is 0 Å². The number of rotatable bonds is 7. The molecule has 0 fully saturated rings. The van der Waals surface area contributed by atoms with Gasteiger partial charge < -0.3 is 21.7 Å². The molecule has 1 aromatic rings. The van der Waals surface area contributed by atoms with Crippen molar-refractivity contribution in [2.45, 2.75) is 27.3 Å². The van der Waals surface area contributed by atoms with E-state index in [-0.39, 0.29) is 11.4 Å². The van der Waals surface area contributed by atoms with Crippen LogP contribution in [0.2, 0.25) is 0 Å². The molecule has 0 unspecified atom stereocenters. The minimum atomic E-state index is -6.00. The van der Waals surface area contributed by atoms with E-state index in [0.717, 1.165) is 24.1 Å². The van der Waals surface area contributed by atoms with E-state index in [2.05, 4.69) is 30.8 Å². The molecule has 12 heteroatoms. The molecule has 7 nitrogen and oxygen atoms in total. The Labute approximate surface area is 142 Å². The third-order valence-electron chi connectivity index (χ3n) is 3.94. The first kappa shape index (κ1) is 22.7. The first-order chi connectivity index (χ1) is 11.5. The van der Waals surface area contributed by atoms with Crippen molar-refractivity contribution >= 4 is 18.6 Å². The predicted octanol–water partition coefficient (Wildman–Crippen LogP) is 5.21. The minimum absolute atomic E-state index is 0.0211. The van der Waals surface area contributed by atoms with Gasteiger partial charge in [0, 0.05) is 16.7 Å². The van der Waals surface area contributed by atoms with Gasteiger partial charge in [-0.15, -0.1) is 0 Å². The van der Waals surface area contributed by atoms with Crippen molar-refractivity contribution in [1.82, 2.24) is 0 Å². The van der Waals surface area contributed by atoms with Gasteiger partial charge in [0.1, 0.15) is 6.54 Å². The van der Waals surface area contributed by atoms with Crippen LogP contribution in [0.1, 0.15) is 26.3 Å². The highest BCUT2D eigenvalue weighted by atomic mass is 19.5.